The zero-order valence-corrected chi connectivity index (χ0v) is 13.3. The molecule has 1 aromatic heterocycles. The SMILES string of the molecule is Cc1cc(-n2nnnc2-c2cc(N)ccc2C)ccc1Br. The predicted octanol–water partition coefficient (Wildman–Crippen LogP) is 3.29. The van der Waals surface area contributed by atoms with Crippen molar-refractivity contribution in [3.63, 3.8) is 0 Å². The molecule has 1 heterocycles. The van der Waals surface area contributed by atoms with E-state index in [1.807, 2.05) is 50.2 Å². The number of hydrogen-bond donors (Lipinski definition) is 1. The Morgan fingerprint density at radius 1 is 1.05 bits per heavy atom. The zero-order chi connectivity index (χ0) is 15.0. The summed E-state index contributed by atoms with van der Waals surface area (Å²) < 4.78 is 2.78. The van der Waals surface area contributed by atoms with Gasteiger partial charge in [-0.05, 0) is 65.7 Å². The molecule has 21 heavy (non-hydrogen) atoms. The quantitative estimate of drug-likeness (QED) is 0.725. The van der Waals surface area contributed by atoms with Gasteiger partial charge in [0.25, 0.3) is 0 Å². The number of tetrazole rings is 1. The molecule has 6 heteroatoms. The maximum absolute atomic E-state index is 5.88. The smallest absolute Gasteiger partial charge is 0.187 e. The Hall–Kier alpha value is -2.21. The third-order valence-electron chi connectivity index (χ3n) is 3.36. The van der Waals surface area contributed by atoms with Crippen molar-refractivity contribution in [1.29, 1.82) is 0 Å². The fourth-order valence-corrected chi connectivity index (χ4v) is 2.42. The van der Waals surface area contributed by atoms with Gasteiger partial charge in [-0.2, -0.15) is 4.68 Å². The number of aryl methyl sites for hydroxylation is 2. The number of nitrogens with zero attached hydrogens (tertiary/aromatic N) is 4. The lowest BCUT2D eigenvalue weighted by Gasteiger charge is -2.09. The lowest BCUT2D eigenvalue weighted by Crippen LogP contribution is -2.02. The molecule has 0 radical (unpaired) electrons. The molecule has 0 aliphatic rings. The molecule has 2 aromatic carbocycles. The molecule has 2 N–H and O–H groups in total. The fraction of sp³-hybridized carbons (Fsp3) is 0.133. The van der Waals surface area contributed by atoms with Crippen LogP contribution >= 0.6 is 15.9 Å². The van der Waals surface area contributed by atoms with E-state index >= 15 is 0 Å². The molecule has 0 spiro atoms. The first kappa shape index (κ1) is 13.8. The predicted molar refractivity (Wildman–Crippen MR) is 86.2 cm³/mol. The number of anilines is 1. The number of rotatable bonds is 2. The van der Waals surface area contributed by atoms with Crippen molar-refractivity contribution in [3.8, 4) is 17.1 Å². The van der Waals surface area contributed by atoms with Crippen LogP contribution < -0.4 is 5.73 Å². The van der Waals surface area contributed by atoms with Gasteiger partial charge in [-0.15, -0.1) is 5.10 Å². The van der Waals surface area contributed by atoms with Gasteiger partial charge in [0.1, 0.15) is 0 Å². The lowest BCUT2D eigenvalue weighted by molar-refractivity contribution is 0.790. The van der Waals surface area contributed by atoms with Crippen molar-refractivity contribution in [1.82, 2.24) is 20.2 Å². The van der Waals surface area contributed by atoms with Crippen molar-refractivity contribution in [3.05, 3.63) is 52.0 Å². The van der Waals surface area contributed by atoms with Gasteiger partial charge in [-0.25, -0.2) is 0 Å². The highest BCUT2D eigenvalue weighted by Crippen LogP contribution is 2.26. The van der Waals surface area contributed by atoms with Crippen LogP contribution in [-0.2, 0) is 0 Å². The van der Waals surface area contributed by atoms with Crippen LogP contribution in [0.15, 0.2) is 40.9 Å². The standard InChI is InChI=1S/C15H14BrN5/c1-9-3-4-11(17)8-13(9)15-18-19-20-21(15)12-5-6-14(16)10(2)7-12/h3-8H,17H2,1-2H3. The summed E-state index contributed by atoms with van der Waals surface area (Å²) in [5.41, 5.74) is 10.6. The Kier molecular flexibility index (Phi) is 3.47. The average molecular weight is 344 g/mol. The summed E-state index contributed by atoms with van der Waals surface area (Å²) in [5, 5.41) is 12.1. The van der Waals surface area contributed by atoms with Crippen molar-refractivity contribution in [2.45, 2.75) is 13.8 Å². The second kappa shape index (κ2) is 5.29. The van der Waals surface area contributed by atoms with Crippen molar-refractivity contribution in [2.24, 2.45) is 0 Å². The van der Waals surface area contributed by atoms with E-state index in [0.29, 0.717) is 11.5 Å². The van der Waals surface area contributed by atoms with E-state index in [1.54, 1.807) is 4.68 Å². The van der Waals surface area contributed by atoms with Gasteiger partial charge in [0.2, 0.25) is 0 Å². The third kappa shape index (κ3) is 2.54. The Morgan fingerprint density at radius 3 is 2.62 bits per heavy atom. The Balaban J connectivity index is 2.17. The molecule has 3 aromatic rings. The Morgan fingerprint density at radius 2 is 1.86 bits per heavy atom. The van der Waals surface area contributed by atoms with Gasteiger partial charge < -0.3 is 5.73 Å². The first-order valence-electron chi connectivity index (χ1n) is 6.47. The van der Waals surface area contributed by atoms with Crippen molar-refractivity contribution < 1.29 is 0 Å². The van der Waals surface area contributed by atoms with E-state index in [-0.39, 0.29) is 0 Å². The molecule has 0 atom stereocenters. The fourth-order valence-electron chi connectivity index (χ4n) is 2.17. The minimum atomic E-state index is 0.682. The van der Waals surface area contributed by atoms with Crippen molar-refractivity contribution in [2.75, 3.05) is 5.73 Å². The average Bonchev–Trinajstić information content (AvgIpc) is 2.93. The largest absolute Gasteiger partial charge is 0.399 e. The first-order chi connectivity index (χ1) is 10.1. The highest BCUT2D eigenvalue weighted by molar-refractivity contribution is 9.10. The number of hydrogen-bond acceptors (Lipinski definition) is 4. The molecule has 0 amide bonds. The Bertz CT molecular complexity index is 810. The maximum Gasteiger partial charge on any atom is 0.187 e. The normalized spacial score (nSPS) is 10.8. The second-order valence-corrected chi connectivity index (χ2v) is 5.78. The molecular formula is C15H14BrN5. The second-order valence-electron chi connectivity index (χ2n) is 4.92. The molecule has 0 unspecified atom stereocenters. The number of nitrogen functional groups attached to an aromatic ring is 1. The van der Waals surface area contributed by atoms with Gasteiger partial charge in [0.05, 0.1) is 5.69 Å². The summed E-state index contributed by atoms with van der Waals surface area (Å²) in [7, 11) is 0. The van der Waals surface area contributed by atoms with Crippen LogP contribution in [0.3, 0.4) is 0 Å². The molecular weight excluding hydrogens is 330 g/mol. The topological polar surface area (TPSA) is 69.6 Å². The zero-order valence-electron chi connectivity index (χ0n) is 11.7. The molecule has 0 saturated carbocycles. The van der Waals surface area contributed by atoms with Crippen LogP contribution in [0.1, 0.15) is 11.1 Å². The van der Waals surface area contributed by atoms with Crippen LogP contribution in [0, 0.1) is 13.8 Å². The van der Waals surface area contributed by atoms with E-state index in [9.17, 15) is 0 Å². The summed E-state index contributed by atoms with van der Waals surface area (Å²) in [6, 6.07) is 11.7. The van der Waals surface area contributed by atoms with Crippen LogP contribution in [0.2, 0.25) is 0 Å². The van der Waals surface area contributed by atoms with E-state index in [1.165, 1.54) is 0 Å². The highest BCUT2D eigenvalue weighted by atomic mass is 79.9. The summed E-state index contributed by atoms with van der Waals surface area (Å²) in [5.74, 6) is 0.682. The van der Waals surface area contributed by atoms with E-state index in [0.717, 1.165) is 26.9 Å². The first-order valence-corrected chi connectivity index (χ1v) is 7.27. The van der Waals surface area contributed by atoms with Crippen LogP contribution in [0.5, 0.6) is 0 Å². The summed E-state index contributed by atoms with van der Waals surface area (Å²) in [6.45, 7) is 4.05. The van der Waals surface area contributed by atoms with E-state index in [2.05, 4.69) is 31.5 Å². The highest BCUT2D eigenvalue weighted by Gasteiger charge is 2.13. The minimum absolute atomic E-state index is 0.682. The maximum atomic E-state index is 5.88. The van der Waals surface area contributed by atoms with Gasteiger partial charge in [-0.3, -0.25) is 0 Å². The van der Waals surface area contributed by atoms with Gasteiger partial charge in [0, 0.05) is 15.7 Å². The molecule has 5 nitrogen and oxygen atoms in total. The van der Waals surface area contributed by atoms with Crippen molar-refractivity contribution >= 4 is 21.6 Å². The van der Waals surface area contributed by atoms with Gasteiger partial charge in [-0.1, -0.05) is 22.0 Å². The summed E-state index contributed by atoms with van der Waals surface area (Å²) in [4.78, 5) is 0. The van der Waals surface area contributed by atoms with Crippen LogP contribution in [0.25, 0.3) is 17.1 Å². The van der Waals surface area contributed by atoms with Crippen LogP contribution in [0.4, 0.5) is 5.69 Å². The third-order valence-corrected chi connectivity index (χ3v) is 4.25. The molecule has 0 fully saturated rings. The number of nitrogens with two attached hydrogens (primary N) is 1. The molecule has 0 aliphatic heterocycles. The Labute approximate surface area is 130 Å². The van der Waals surface area contributed by atoms with E-state index < -0.39 is 0 Å². The lowest BCUT2D eigenvalue weighted by atomic mass is 10.1. The number of aromatic nitrogens is 4. The molecule has 106 valence electrons. The molecule has 0 saturated heterocycles. The summed E-state index contributed by atoms with van der Waals surface area (Å²) >= 11 is 3.50. The number of halogens is 1. The van der Waals surface area contributed by atoms with Gasteiger partial charge in [0.15, 0.2) is 5.82 Å². The molecule has 0 bridgehead atoms. The summed E-state index contributed by atoms with van der Waals surface area (Å²) in [6.07, 6.45) is 0. The van der Waals surface area contributed by atoms with E-state index in [4.69, 9.17) is 5.73 Å². The number of benzene rings is 2. The van der Waals surface area contributed by atoms with Crippen LogP contribution in [-0.4, -0.2) is 20.2 Å². The molecule has 0 aliphatic carbocycles. The minimum Gasteiger partial charge on any atom is -0.399 e. The molecule has 3 rings (SSSR count). The monoisotopic (exact) mass is 343 g/mol. The van der Waals surface area contributed by atoms with Gasteiger partial charge >= 0.3 is 0 Å².